The van der Waals surface area contributed by atoms with Gasteiger partial charge in [-0.3, -0.25) is 9.89 Å². The van der Waals surface area contributed by atoms with E-state index < -0.39 is 0 Å². The number of H-pyrrole nitrogens is 1. The van der Waals surface area contributed by atoms with Crippen LogP contribution in [0.5, 0.6) is 11.9 Å². The Morgan fingerprint density at radius 2 is 1.88 bits per heavy atom. The van der Waals surface area contributed by atoms with Gasteiger partial charge in [-0.25, -0.2) is 4.98 Å². The molecule has 1 atom stereocenters. The van der Waals surface area contributed by atoms with Crippen LogP contribution in [0.3, 0.4) is 0 Å². The number of nitrogens with one attached hydrogen (secondary N) is 2. The second-order valence-corrected chi connectivity index (χ2v) is 5.60. The lowest BCUT2D eigenvalue weighted by Crippen LogP contribution is -2.29. The second-order valence-electron chi connectivity index (χ2n) is 5.60. The van der Waals surface area contributed by atoms with E-state index in [2.05, 4.69) is 25.5 Å². The molecule has 2 aromatic heterocycles. The number of rotatable bonds is 6. The third-order valence-corrected chi connectivity index (χ3v) is 3.86. The summed E-state index contributed by atoms with van der Waals surface area (Å²) < 4.78 is 10.3. The van der Waals surface area contributed by atoms with Gasteiger partial charge in [0.05, 0.1) is 38.1 Å². The number of hydrogen-bond donors (Lipinski definition) is 2. The van der Waals surface area contributed by atoms with Gasteiger partial charge in [0, 0.05) is 16.8 Å². The molecule has 2 rings (SSSR count). The van der Waals surface area contributed by atoms with Crippen LogP contribution in [0.15, 0.2) is 0 Å². The standard InChI is InChI=1S/C16H23N5O3/c1-8-12(15(23-5)19-16(18-8)24-6)7-13(22)17-9(2)14-10(3)20-21-11(14)4/h9H,7H2,1-6H3,(H,17,22)(H,20,21). The number of carbonyl (C=O) groups excluding carboxylic acids is 1. The molecule has 24 heavy (non-hydrogen) atoms. The van der Waals surface area contributed by atoms with E-state index in [0.717, 1.165) is 17.0 Å². The highest BCUT2D eigenvalue weighted by Crippen LogP contribution is 2.23. The van der Waals surface area contributed by atoms with Crippen LogP contribution in [0, 0.1) is 20.8 Å². The normalized spacial score (nSPS) is 11.9. The Balaban J connectivity index is 2.15. The van der Waals surface area contributed by atoms with Gasteiger partial charge in [0.15, 0.2) is 0 Å². The molecule has 2 heterocycles. The third kappa shape index (κ3) is 3.64. The smallest absolute Gasteiger partial charge is 0.319 e. The molecular weight excluding hydrogens is 310 g/mol. The Morgan fingerprint density at radius 1 is 1.17 bits per heavy atom. The van der Waals surface area contributed by atoms with Gasteiger partial charge in [-0.2, -0.15) is 10.1 Å². The topological polar surface area (TPSA) is 102 Å². The molecule has 8 heteroatoms. The Hall–Kier alpha value is -2.64. The monoisotopic (exact) mass is 333 g/mol. The van der Waals surface area contributed by atoms with Gasteiger partial charge in [-0.15, -0.1) is 0 Å². The van der Waals surface area contributed by atoms with Gasteiger partial charge in [0.25, 0.3) is 0 Å². The number of aromatic nitrogens is 4. The van der Waals surface area contributed by atoms with Crippen molar-refractivity contribution >= 4 is 5.91 Å². The maximum atomic E-state index is 12.4. The molecule has 0 aliphatic rings. The molecule has 0 radical (unpaired) electrons. The lowest BCUT2D eigenvalue weighted by molar-refractivity contribution is -0.121. The molecule has 130 valence electrons. The molecule has 0 bridgehead atoms. The van der Waals surface area contributed by atoms with Crippen molar-refractivity contribution in [3.8, 4) is 11.9 Å². The van der Waals surface area contributed by atoms with Crippen molar-refractivity contribution in [3.05, 3.63) is 28.2 Å². The zero-order valence-electron chi connectivity index (χ0n) is 14.9. The first-order valence-corrected chi connectivity index (χ1v) is 7.63. The van der Waals surface area contributed by atoms with E-state index >= 15 is 0 Å². The molecule has 2 N–H and O–H groups in total. The molecular formula is C16H23N5O3. The van der Waals surface area contributed by atoms with Crippen molar-refractivity contribution in [2.45, 2.75) is 40.2 Å². The number of aryl methyl sites for hydroxylation is 3. The molecule has 0 fully saturated rings. The molecule has 0 aliphatic carbocycles. The maximum Gasteiger partial charge on any atom is 0.319 e. The highest BCUT2D eigenvalue weighted by atomic mass is 16.5. The van der Waals surface area contributed by atoms with Crippen LogP contribution in [0.2, 0.25) is 0 Å². The predicted octanol–water partition coefficient (Wildman–Crippen LogP) is 1.56. The molecule has 0 spiro atoms. The number of hydrogen-bond acceptors (Lipinski definition) is 6. The first-order valence-electron chi connectivity index (χ1n) is 7.63. The van der Waals surface area contributed by atoms with E-state index in [-0.39, 0.29) is 24.4 Å². The summed E-state index contributed by atoms with van der Waals surface area (Å²) in [4.78, 5) is 20.8. The van der Waals surface area contributed by atoms with Gasteiger partial charge < -0.3 is 14.8 Å². The molecule has 8 nitrogen and oxygen atoms in total. The maximum absolute atomic E-state index is 12.4. The fourth-order valence-electron chi connectivity index (χ4n) is 2.73. The zero-order valence-corrected chi connectivity index (χ0v) is 14.9. The van der Waals surface area contributed by atoms with Crippen LogP contribution in [-0.4, -0.2) is 40.3 Å². The fourth-order valence-corrected chi connectivity index (χ4v) is 2.73. The zero-order chi connectivity index (χ0) is 17.9. The summed E-state index contributed by atoms with van der Waals surface area (Å²) in [6.07, 6.45) is 0.124. The first kappa shape index (κ1) is 17.7. The Kier molecular flexibility index (Phi) is 5.38. The van der Waals surface area contributed by atoms with Gasteiger partial charge in [0.2, 0.25) is 11.8 Å². The minimum absolute atomic E-state index is 0.124. The molecule has 0 aromatic carbocycles. The average molecular weight is 333 g/mol. The number of amides is 1. The van der Waals surface area contributed by atoms with E-state index in [1.165, 1.54) is 14.2 Å². The SMILES string of the molecule is COc1nc(C)c(CC(=O)NC(C)c2c(C)n[nH]c2C)c(OC)n1. The Bertz CT molecular complexity index is 722. The van der Waals surface area contributed by atoms with Crippen LogP contribution >= 0.6 is 0 Å². The number of aromatic amines is 1. The van der Waals surface area contributed by atoms with E-state index in [4.69, 9.17) is 9.47 Å². The first-order chi connectivity index (χ1) is 11.4. The van der Waals surface area contributed by atoms with Crippen molar-refractivity contribution in [1.29, 1.82) is 0 Å². The molecule has 2 aromatic rings. The third-order valence-electron chi connectivity index (χ3n) is 3.86. The van der Waals surface area contributed by atoms with Crippen molar-refractivity contribution in [3.63, 3.8) is 0 Å². The van der Waals surface area contributed by atoms with Gasteiger partial charge in [-0.1, -0.05) is 0 Å². The van der Waals surface area contributed by atoms with Crippen molar-refractivity contribution in [1.82, 2.24) is 25.5 Å². The molecule has 0 saturated carbocycles. The van der Waals surface area contributed by atoms with Crippen molar-refractivity contribution in [2.24, 2.45) is 0 Å². The van der Waals surface area contributed by atoms with Crippen molar-refractivity contribution in [2.75, 3.05) is 14.2 Å². The Morgan fingerprint density at radius 3 is 2.42 bits per heavy atom. The van der Waals surface area contributed by atoms with E-state index in [9.17, 15) is 4.79 Å². The number of nitrogens with zero attached hydrogens (tertiary/aromatic N) is 3. The minimum atomic E-state index is -0.151. The van der Waals surface area contributed by atoms with Crippen LogP contribution < -0.4 is 14.8 Å². The summed E-state index contributed by atoms with van der Waals surface area (Å²) in [6, 6.07) is 0.0632. The average Bonchev–Trinajstić information content (AvgIpc) is 2.87. The molecule has 0 saturated heterocycles. The number of methoxy groups -OCH3 is 2. The largest absolute Gasteiger partial charge is 0.481 e. The lowest BCUT2D eigenvalue weighted by Gasteiger charge is -2.16. The quantitative estimate of drug-likeness (QED) is 0.832. The predicted molar refractivity (Wildman–Crippen MR) is 88.2 cm³/mol. The van der Waals surface area contributed by atoms with Gasteiger partial charge in [0.1, 0.15) is 0 Å². The fraction of sp³-hybridized carbons (Fsp3) is 0.500. The molecule has 1 unspecified atom stereocenters. The molecule has 1 amide bonds. The van der Waals surface area contributed by atoms with E-state index in [1.54, 1.807) is 6.92 Å². The highest BCUT2D eigenvalue weighted by Gasteiger charge is 2.20. The minimum Gasteiger partial charge on any atom is -0.481 e. The summed E-state index contributed by atoms with van der Waals surface area (Å²) in [6.45, 7) is 7.56. The molecule has 0 aliphatic heterocycles. The lowest BCUT2D eigenvalue weighted by atomic mass is 10.1. The van der Waals surface area contributed by atoms with Gasteiger partial charge in [-0.05, 0) is 27.7 Å². The van der Waals surface area contributed by atoms with Crippen LogP contribution in [-0.2, 0) is 11.2 Å². The van der Waals surface area contributed by atoms with Crippen molar-refractivity contribution < 1.29 is 14.3 Å². The van der Waals surface area contributed by atoms with Crippen LogP contribution in [0.4, 0.5) is 0 Å². The highest BCUT2D eigenvalue weighted by molar-refractivity contribution is 5.80. The summed E-state index contributed by atoms with van der Waals surface area (Å²) in [7, 11) is 2.99. The summed E-state index contributed by atoms with van der Waals surface area (Å²) in [5, 5.41) is 10.1. The number of ether oxygens (including phenoxy) is 2. The summed E-state index contributed by atoms with van der Waals surface area (Å²) >= 11 is 0. The number of carbonyl (C=O) groups is 1. The van der Waals surface area contributed by atoms with E-state index in [1.807, 2.05) is 20.8 Å². The summed E-state index contributed by atoms with van der Waals surface area (Å²) in [5.74, 6) is 0.204. The van der Waals surface area contributed by atoms with E-state index in [0.29, 0.717) is 17.1 Å². The van der Waals surface area contributed by atoms with Crippen LogP contribution in [0.1, 0.15) is 41.2 Å². The Labute approximate surface area is 141 Å². The second kappa shape index (κ2) is 7.29. The van der Waals surface area contributed by atoms with Gasteiger partial charge >= 0.3 is 6.01 Å². The summed E-state index contributed by atoms with van der Waals surface area (Å²) in [5.41, 5.74) is 4.11. The van der Waals surface area contributed by atoms with Crippen LogP contribution in [0.25, 0.3) is 0 Å².